The molecule has 0 amide bonds. The normalized spacial score (nSPS) is 23.1. The number of furan rings is 1. The lowest BCUT2D eigenvalue weighted by atomic mass is 9.91. The van der Waals surface area contributed by atoms with E-state index >= 15 is 0 Å². The average Bonchev–Trinajstić information content (AvgIpc) is 3.17. The molecule has 22 heavy (non-hydrogen) atoms. The van der Waals surface area contributed by atoms with Crippen molar-refractivity contribution in [2.75, 3.05) is 6.54 Å². The van der Waals surface area contributed by atoms with Gasteiger partial charge in [0.25, 0.3) is 0 Å². The van der Waals surface area contributed by atoms with Crippen LogP contribution >= 0.6 is 0 Å². The predicted octanol–water partition coefficient (Wildman–Crippen LogP) is 3.30. The molecule has 3 aromatic rings. The van der Waals surface area contributed by atoms with Crippen LogP contribution in [0.1, 0.15) is 37.3 Å². The van der Waals surface area contributed by atoms with Crippen molar-refractivity contribution in [2.24, 2.45) is 5.92 Å². The molecule has 5 heteroatoms. The van der Waals surface area contributed by atoms with Crippen molar-refractivity contribution in [1.82, 2.24) is 19.3 Å². The molecule has 0 aliphatic carbocycles. The summed E-state index contributed by atoms with van der Waals surface area (Å²) in [5, 5.41) is 0. The zero-order valence-corrected chi connectivity index (χ0v) is 12.7. The molecule has 3 aromatic heterocycles. The number of likely N-dealkylation sites (tertiary alicyclic amines) is 1. The highest BCUT2D eigenvalue weighted by molar-refractivity contribution is 5.29. The van der Waals surface area contributed by atoms with Gasteiger partial charge in [0.1, 0.15) is 5.76 Å². The fourth-order valence-corrected chi connectivity index (χ4v) is 3.32. The largest absolute Gasteiger partial charge is 0.468 e. The molecule has 114 valence electrons. The summed E-state index contributed by atoms with van der Waals surface area (Å²) in [5.41, 5.74) is 1.06. The number of hydrogen-bond donors (Lipinski definition) is 0. The van der Waals surface area contributed by atoms with Crippen molar-refractivity contribution in [3.63, 3.8) is 0 Å². The van der Waals surface area contributed by atoms with Crippen LogP contribution in [0.25, 0.3) is 5.78 Å². The fraction of sp³-hybridized carbons (Fsp3) is 0.412. The number of piperidine rings is 1. The Kier molecular flexibility index (Phi) is 3.42. The molecular formula is C17H20N4O. The molecule has 5 nitrogen and oxygen atoms in total. The second-order valence-corrected chi connectivity index (χ2v) is 6.19. The van der Waals surface area contributed by atoms with Crippen LogP contribution in [0.2, 0.25) is 0 Å². The summed E-state index contributed by atoms with van der Waals surface area (Å²) >= 11 is 0. The second-order valence-electron chi connectivity index (χ2n) is 6.19. The molecule has 0 N–H and O–H groups in total. The summed E-state index contributed by atoms with van der Waals surface area (Å²) in [7, 11) is 0. The van der Waals surface area contributed by atoms with E-state index in [1.807, 2.05) is 22.7 Å². The Morgan fingerprint density at radius 2 is 2.32 bits per heavy atom. The van der Waals surface area contributed by atoms with Crippen LogP contribution in [0.15, 0.2) is 47.5 Å². The standard InChI is InChI=1S/C17H20N4O/c1-13-5-8-20(15(10-13)16-4-2-9-22-16)11-14-12-21-7-3-6-18-17(21)19-14/h2-4,6-7,9,12-13,15H,5,8,10-11H2,1H3/t13-,15+/m0/s1. The highest BCUT2D eigenvalue weighted by Gasteiger charge is 2.29. The third-order valence-corrected chi connectivity index (χ3v) is 4.50. The van der Waals surface area contributed by atoms with E-state index in [9.17, 15) is 0 Å². The van der Waals surface area contributed by atoms with E-state index in [0.717, 1.165) is 42.7 Å². The van der Waals surface area contributed by atoms with Crippen LogP contribution in [0, 0.1) is 5.92 Å². The van der Waals surface area contributed by atoms with Gasteiger partial charge in [0.15, 0.2) is 0 Å². The van der Waals surface area contributed by atoms with Gasteiger partial charge in [-0.2, -0.15) is 0 Å². The lowest BCUT2D eigenvalue weighted by Crippen LogP contribution is -2.35. The first-order valence-electron chi connectivity index (χ1n) is 7.85. The van der Waals surface area contributed by atoms with Crippen LogP contribution in [-0.4, -0.2) is 25.8 Å². The molecule has 0 radical (unpaired) electrons. The molecule has 0 saturated carbocycles. The summed E-state index contributed by atoms with van der Waals surface area (Å²) in [5.74, 6) is 2.56. The van der Waals surface area contributed by atoms with Gasteiger partial charge in [0.05, 0.1) is 18.0 Å². The minimum Gasteiger partial charge on any atom is -0.468 e. The average molecular weight is 296 g/mol. The van der Waals surface area contributed by atoms with Crippen LogP contribution in [0.3, 0.4) is 0 Å². The van der Waals surface area contributed by atoms with Gasteiger partial charge in [0, 0.05) is 25.1 Å². The summed E-state index contributed by atoms with van der Waals surface area (Å²) in [6.45, 7) is 4.23. The zero-order chi connectivity index (χ0) is 14.9. The molecule has 1 saturated heterocycles. The van der Waals surface area contributed by atoms with Gasteiger partial charge in [-0.05, 0) is 43.5 Å². The van der Waals surface area contributed by atoms with E-state index < -0.39 is 0 Å². The summed E-state index contributed by atoms with van der Waals surface area (Å²) in [4.78, 5) is 11.4. The van der Waals surface area contributed by atoms with Gasteiger partial charge in [-0.15, -0.1) is 0 Å². The predicted molar refractivity (Wildman–Crippen MR) is 83.2 cm³/mol. The Bertz CT molecular complexity index is 716. The van der Waals surface area contributed by atoms with Gasteiger partial charge >= 0.3 is 0 Å². The molecular weight excluding hydrogens is 276 g/mol. The first-order valence-corrected chi connectivity index (χ1v) is 7.85. The molecule has 1 aliphatic heterocycles. The van der Waals surface area contributed by atoms with Crippen molar-refractivity contribution < 1.29 is 4.42 Å². The number of hydrogen-bond acceptors (Lipinski definition) is 4. The van der Waals surface area contributed by atoms with Gasteiger partial charge < -0.3 is 4.42 Å². The zero-order valence-electron chi connectivity index (χ0n) is 12.7. The van der Waals surface area contributed by atoms with Crippen LogP contribution in [-0.2, 0) is 6.54 Å². The third kappa shape index (κ3) is 2.52. The van der Waals surface area contributed by atoms with E-state index in [-0.39, 0.29) is 0 Å². The smallest absolute Gasteiger partial charge is 0.233 e. The van der Waals surface area contributed by atoms with Crippen LogP contribution < -0.4 is 0 Å². The van der Waals surface area contributed by atoms with Crippen molar-refractivity contribution in [3.8, 4) is 0 Å². The maximum atomic E-state index is 5.67. The van der Waals surface area contributed by atoms with E-state index in [1.54, 1.807) is 12.5 Å². The number of nitrogens with zero attached hydrogens (tertiary/aromatic N) is 4. The quantitative estimate of drug-likeness (QED) is 0.744. The Hall–Kier alpha value is -2.14. The molecule has 4 heterocycles. The third-order valence-electron chi connectivity index (χ3n) is 4.50. The maximum absolute atomic E-state index is 5.67. The van der Waals surface area contributed by atoms with Gasteiger partial charge in [-0.1, -0.05) is 6.92 Å². The number of fused-ring (bicyclic) bond motifs is 1. The molecule has 4 rings (SSSR count). The van der Waals surface area contributed by atoms with Gasteiger partial charge in [-0.3, -0.25) is 9.30 Å². The topological polar surface area (TPSA) is 46.6 Å². The Labute approximate surface area is 129 Å². The number of rotatable bonds is 3. The van der Waals surface area contributed by atoms with E-state index in [1.165, 1.54) is 6.42 Å². The van der Waals surface area contributed by atoms with Crippen LogP contribution in [0.4, 0.5) is 0 Å². The number of aromatic nitrogens is 3. The number of imidazole rings is 1. The molecule has 0 unspecified atom stereocenters. The highest BCUT2D eigenvalue weighted by atomic mass is 16.3. The molecule has 0 aromatic carbocycles. The SMILES string of the molecule is C[C@H]1CCN(Cc2cn3cccnc3n2)[C@@H](c2ccco2)C1. The van der Waals surface area contributed by atoms with Crippen molar-refractivity contribution in [2.45, 2.75) is 32.4 Å². The lowest BCUT2D eigenvalue weighted by molar-refractivity contribution is 0.0933. The van der Waals surface area contributed by atoms with Crippen LogP contribution in [0.5, 0.6) is 0 Å². The van der Waals surface area contributed by atoms with E-state index in [2.05, 4.69) is 34.1 Å². The van der Waals surface area contributed by atoms with Gasteiger partial charge in [0.2, 0.25) is 5.78 Å². The summed E-state index contributed by atoms with van der Waals surface area (Å²) in [6.07, 6.45) is 9.96. The second kappa shape index (κ2) is 5.57. The Morgan fingerprint density at radius 1 is 1.36 bits per heavy atom. The molecule has 2 atom stereocenters. The molecule has 1 fully saturated rings. The highest BCUT2D eigenvalue weighted by Crippen LogP contribution is 2.35. The monoisotopic (exact) mass is 296 g/mol. The van der Waals surface area contributed by atoms with E-state index in [4.69, 9.17) is 4.42 Å². The van der Waals surface area contributed by atoms with Crippen molar-refractivity contribution in [1.29, 1.82) is 0 Å². The molecule has 1 aliphatic rings. The lowest BCUT2D eigenvalue weighted by Gasteiger charge is -2.36. The first-order chi connectivity index (χ1) is 10.8. The van der Waals surface area contributed by atoms with E-state index in [0.29, 0.717) is 6.04 Å². The van der Waals surface area contributed by atoms with Gasteiger partial charge in [-0.25, -0.2) is 9.97 Å². The minimum absolute atomic E-state index is 0.344. The molecule has 0 bridgehead atoms. The Balaban J connectivity index is 1.59. The Morgan fingerprint density at radius 3 is 3.14 bits per heavy atom. The molecule has 0 spiro atoms. The fourth-order valence-electron chi connectivity index (χ4n) is 3.32. The first kappa shape index (κ1) is 13.5. The summed E-state index contributed by atoms with van der Waals surface area (Å²) in [6, 6.07) is 6.33. The van der Waals surface area contributed by atoms with Crippen molar-refractivity contribution in [3.05, 3.63) is 54.5 Å². The minimum atomic E-state index is 0.344. The van der Waals surface area contributed by atoms with Crippen molar-refractivity contribution >= 4 is 5.78 Å². The maximum Gasteiger partial charge on any atom is 0.233 e. The summed E-state index contributed by atoms with van der Waals surface area (Å²) < 4.78 is 7.64.